The fourth-order valence-corrected chi connectivity index (χ4v) is 5.50. The Labute approximate surface area is 213 Å². The summed E-state index contributed by atoms with van der Waals surface area (Å²) in [4.78, 5) is 30.2. The maximum atomic E-state index is 12.7. The molecule has 2 saturated heterocycles. The third-order valence-electron chi connectivity index (χ3n) is 6.98. The molecule has 2 aliphatic rings. The first-order valence-electron chi connectivity index (χ1n) is 11.9. The lowest BCUT2D eigenvalue weighted by Gasteiger charge is -2.41. The zero-order chi connectivity index (χ0) is 24.1. The second-order valence-corrected chi connectivity index (χ2v) is 10.5. The first kappa shape index (κ1) is 25.2. The van der Waals surface area contributed by atoms with Crippen LogP contribution < -0.4 is 10.6 Å². The summed E-state index contributed by atoms with van der Waals surface area (Å²) in [6.45, 7) is 5.34. The molecule has 3 heterocycles. The average molecular weight is 552 g/mol. The van der Waals surface area contributed by atoms with Gasteiger partial charge in [-0.3, -0.25) is 14.7 Å². The number of nitrogens with one attached hydrogen (secondary N) is 3. The van der Waals surface area contributed by atoms with E-state index in [4.69, 9.17) is 11.6 Å². The third-order valence-corrected chi connectivity index (χ3v) is 8.08. The topological polar surface area (TPSA) is 93.4 Å². The van der Waals surface area contributed by atoms with E-state index >= 15 is 0 Å². The second-order valence-electron chi connectivity index (χ2n) is 9.25. The van der Waals surface area contributed by atoms with Gasteiger partial charge in [0.25, 0.3) is 11.8 Å². The molecule has 0 atom stereocenters. The van der Waals surface area contributed by atoms with Crippen LogP contribution in [0.15, 0.2) is 28.7 Å². The Hall–Kier alpha value is -1.94. The molecule has 34 heavy (non-hydrogen) atoms. The zero-order valence-electron chi connectivity index (χ0n) is 19.4. The lowest BCUT2D eigenvalue weighted by Crippen LogP contribution is -2.47. The van der Waals surface area contributed by atoms with E-state index in [1.807, 2.05) is 0 Å². The van der Waals surface area contributed by atoms with Crippen LogP contribution in [0.2, 0.25) is 5.02 Å². The predicted molar refractivity (Wildman–Crippen MR) is 137 cm³/mol. The van der Waals surface area contributed by atoms with Crippen molar-refractivity contribution in [1.82, 2.24) is 25.3 Å². The van der Waals surface area contributed by atoms with Gasteiger partial charge in [0.15, 0.2) is 5.82 Å². The van der Waals surface area contributed by atoms with Gasteiger partial charge in [0, 0.05) is 12.6 Å². The summed E-state index contributed by atoms with van der Waals surface area (Å²) < 4.78 is 0.414. The van der Waals surface area contributed by atoms with Crippen LogP contribution in [0, 0.1) is 5.92 Å². The van der Waals surface area contributed by atoms with Gasteiger partial charge in [0.2, 0.25) is 0 Å². The average Bonchev–Trinajstić information content (AvgIpc) is 3.20. The summed E-state index contributed by atoms with van der Waals surface area (Å²) in [5.74, 6) is 0.243. The second kappa shape index (κ2) is 11.7. The highest BCUT2D eigenvalue weighted by molar-refractivity contribution is 9.10. The standard InChI is InChI=1S/C24H32BrClN6O2/c1-31-12-9-17(10-13-31)32-14-7-16(8-15-32)6-11-27-24(34)21-20(25)22(30-29-21)28-23(33)18-4-2-3-5-19(18)26/h2-5,16-17H,6-15H2,1H3,(H,27,34)(H2,28,29,30,33). The highest BCUT2D eigenvalue weighted by Gasteiger charge is 2.27. The molecule has 0 aliphatic carbocycles. The van der Waals surface area contributed by atoms with Crippen LogP contribution >= 0.6 is 27.5 Å². The zero-order valence-corrected chi connectivity index (χ0v) is 21.8. The Morgan fingerprint density at radius 3 is 2.53 bits per heavy atom. The lowest BCUT2D eigenvalue weighted by molar-refractivity contribution is 0.0826. The van der Waals surface area contributed by atoms with Crippen LogP contribution in [-0.4, -0.2) is 77.6 Å². The number of likely N-dealkylation sites (tertiary alicyclic amines) is 2. The summed E-state index contributed by atoms with van der Waals surface area (Å²) in [5.41, 5.74) is 0.624. The van der Waals surface area contributed by atoms with E-state index in [2.05, 4.69) is 53.6 Å². The molecule has 1 aromatic carbocycles. The Bertz CT molecular complexity index is 999. The predicted octanol–water partition coefficient (Wildman–Crippen LogP) is 4.00. The molecule has 184 valence electrons. The number of halogens is 2. The minimum Gasteiger partial charge on any atom is -0.351 e. The van der Waals surface area contributed by atoms with Crippen molar-refractivity contribution in [1.29, 1.82) is 0 Å². The maximum absolute atomic E-state index is 12.7. The number of H-pyrrole nitrogens is 1. The van der Waals surface area contributed by atoms with E-state index in [0.717, 1.165) is 25.6 Å². The number of piperidine rings is 2. The monoisotopic (exact) mass is 550 g/mol. The molecule has 2 aliphatic heterocycles. The van der Waals surface area contributed by atoms with Gasteiger partial charge < -0.3 is 20.4 Å². The summed E-state index contributed by atoms with van der Waals surface area (Å²) in [7, 11) is 2.20. The van der Waals surface area contributed by atoms with Crippen molar-refractivity contribution in [2.75, 3.05) is 45.1 Å². The molecule has 0 bridgehead atoms. The van der Waals surface area contributed by atoms with Gasteiger partial charge >= 0.3 is 0 Å². The Balaban J connectivity index is 1.21. The first-order chi connectivity index (χ1) is 16.4. The summed E-state index contributed by atoms with van der Waals surface area (Å²) in [6.07, 6.45) is 5.89. The molecule has 2 aromatic rings. The molecule has 0 radical (unpaired) electrons. The molecule has 4 rings (SSSR count). The normalized spacial score (nSPS) is 18.7. The van der Waals surface area contributed by atoms with Crippen LogP contribution in [0.4, 0.5) is 5.82 Å². The van der Waals surface area contributed by atoms with E-state index in [9.17, 15) is 9.59 Å². The molecule has 2 fully saturated rings. The number of aromatic amines is 1. The van der Waals surface area contributed by atoms with Crippen molar-refractivity contribution in [3.8, 4) is 0 Å². The number of hydrogen-bond acceptors (Lipinski definition) is 5. The Morgan fingerprint density at radius 1 is 1.12 bits per heavy atom. The molecule has 10 heteroatoms. The van der Waals surface area contributed by atoms with Crippen molar-refractivity contribution in [2.45, 2.75) is 38.1 Å². The number of hydrogen-bond donors (Lipinski definition) is 3. The summed E-state index contributed by atoms with van der Waals surface area (Å²) in [5, 5.41) is 12.8. The largest absolute Gasteiger partial charge is 0.351 e. The SMILES string of the molecule is CN1CCC(N2CCC(CCNC(=O)c3[nH]nc(NC(=O)c4ccccc4Cl)c3Br)CC2)CC1. The number of benzene rings is 1. The number of aromatic nitrogens is 2. The van der Waals surface area contributed by atoms with E-state index in [1.54, 1.807) is 24.3 Å². The third kappa shape index (κ3) is 6.19. The molecule has 0 unspecified atom stereocenters. The summed E-state index contributed by atoms with van der Waals surface area (Å²) >= 11 is 9.46. The minimum absolute atomic E-state index is 0.247. The summed E-state index contributed by atoms with van der Waals surface area (Å²) in [6, 6.07) is 7.50. The van der Waals surface area contributed by atoms with Crippen molar-refractivity contribution in [3.63, 3.8) is 0 Å². The van der Waals surface area contributed by atoms with E-state index in [-0.39, 0.29) is 17.4 Å². The number of anilines is 1. The van der Waals surface area contributed by atoms with E-state index in [1.165, 1.54) is 38.8 Å². The number of carbonyl (C=O) groups is 2. The van der Waals surface area contributed by atoms with E-state index < -0.39 is 5.91 Å². The van der Waals surface area contributed by atoms with Crippen molar-refractivity contribution >= 4 is 45.2 Å². The van der Waals surface area contributed by atoms with Crippen LogP contribution in [-0.2, 0) is 0 Å². The van der Waals surface area contributed by atoms with E-state index in [0.29, 0.717) is 27.5 Å². The highest BCUT2D eigenvalue weighted by atomic mass is 79.9. The number of carbonyl (C=O) groups excluding carboxylic acids is 2. The van der Waals surface area contributed by atoms with Crippen molar-refractivity contribution in [2.24, 2.45) is 5.92 Å². The lowest BCUT2D eigenvalue weighted by atomic mass is 9.91. The molecule has 3 N–H and O–H groups in total. The Morgan fingerprint density at radius 2 is 1.82 bits per heavy atom. The van der Waals surface area contributed by atoms with Gasteiger partial charge in [-0.15, -0.1) is 0 Å². The van der Waals surface area contributed by atoms with Gasteiger partial charge in [-0.1, -0.05) is 23.7 Å². The molecular formula is C24H32BrClN6O2. The number of amides is 2. The number of rotatable bonds is 7. The fourth-order valence-electron chi connectivity index (χ4n) is 4.83. The molecule has 0 saturated carbocycles. The van der Waals surface area contributed by atoms with Gasteiger partial charge in [0.05, 0.1) is 15.1 Å². The maximum Gasteiger partial charge on any atom is 0.270 e. The molecular weight excluding hydrogens is 520 g/mol. The van der Waals surface area contributed by atoms with Gasteiger partial charge in [0.1, 0.15) is 5.69 Å². The molecule has 2 amide bonds. The van der Waals surface area contributed by atoms with Crippen LogP contribution in [0.5, 0.6) is 0 Å². The van der Waals surface area contributed by atoms with Gasteiger partial charge in [-0.2, -0.15) is 5.10 Å². The minimum atomic E-state index is -0.392. The van der Waals surface area contributed by atoms with Crippen molar-refractivity contribution < 1.29 is 9.59 Å². The molecule has 8 nitrogen and oxygen atoms in total. The van der Waals surface area contributed by atoms with Crippen molar-refractivity contribution in [3.05, 3.63) is 45.0 Å². The Kier molecular flexibility index (Phi) is 8.63. The van der Waals surface area contributed by atoms with Gasteiger partial charge in [-0.25, -0.2) is 0 Å². The van der Waals surface area contributed by atoms with Gasteiger partial charge in [-0.05, 0) is 99.3 Å². The van der Waals surface area contributed by atoms with Crippen LogP contribution in [0.1, 0.15) is 53.0 Å². The highest BCUT2D eigenvalue weighted by Crippen LogP contribution is 2.27. The quantitative estimate of drug-likeness (QED) is 0.484. The molecule has 0 spiro atoms. The first-order valence-corrected chi connectivity index (χ1v) is 13.1. The number of nitrogens with zero attached hydrogens (tertiary/aromatic N) is 3. The van der Waals surface area contributed by atoms with Crippen LogP contribution in [0.25, 0.3) is 0 Å². The smallest absolute Gasteiger partial charge is 0.270 e. The molecule has 1 aromatic heterocycles. The fraction of sp³-hybridized carbons (Fsp3) is 0.542. The van der Waals surface area contributed by atoms with Crippen LogP contribution in [0.3, 0.4) is 0 Å².